The Kier molecular flexibility index (Phi) is 3.01. The van der Waals surface area contributed by atoms with Crippen LogP contribution in [0.5, 0.6) is 0 Å². The molecular weight excluding hydrogens is 250 g/mol. The minimum absolute atomic E-state index is 0.0698. The van der Waals surface area contributed by atoms with Gasteiger partial charge in [0.1, 0.15) is 0 Å². The lowest BCUT2D eigenvalue weighted by atomic mass is 9.88. The maximum absolute atomic E-state index is 9.35. The van der Waals surface area contributed by atoms with Gasteiger partial charge in [-0.05, 0) is 41.6 Å². The van der Waals surface area contributed by atoms with E-state index in [9.17, 15) is 5.11 Å². The molecule has 13 heavy (non-hydrogen) atoms. The highest BCUT2D eigenvalue weighted by Gasteiger charge is 2.22. The first-order chi connectivity index (χ1) is 6.25. The van der Waals surface area contributed by atoms with E-state index in [0.29, 0.717) is 5.92 Å². The monoisotopic (exact) mass is 261 g/mol. The summed E-state index contributed by atoms with van der Waals surface area (Å²) in [6.45, 7) is 0. The molecule has 0 amide bonds. The zero-order valence-corrected chi connectivity index (χ0v) is 9.64. The second-order valence-corrected chi connectivity index (χ2v) is 5.95. The average molecular weight is 262 g/mol. The molecule has 0 unspecified atom stereocenters. The van der Waals surface area contributed by atoms with E-state index in [2.05, 4.69) is 20.9 Å². The van der Waals surface area contributed by atoms with Crippen LogP contribution in [0.15, 0.2) is 9.98 Å². The van der Waals surface area contributed by atoms with Gasteiger partial charge in [0.15, 0.2) is 0 Å². The first-order valence-electron chi connectivity index (χ1n) is 4.55. The summed E-state index contributed by atoms with van der Waals surface area (Å²) in [4.78, 5) is 4.35. The third-order valence-corrected chi connectivity index (χ3v) is 4.18. The molecule has 2 rings (SSSR count). The second kappa shape index (κ2) is 4.07. The number of hydrogen-bond acceptors (Lipinski definition) is 3. The molecule has 4 heteroatoms. The molecule has 0 spiro atoms. The maximum atomic E-state index is 9.35. The lowest BCUT2D eigenvalue weighted by Gasteiger charge is -2.23. The standard InChI is InChI=1S/C9H12BrNOS/c10-8-5-11-9(13-8)6-1-3-7(12)4-2-6/h5-7,12H,1-4H2. The third kappa shape index (κ3) is 2.30. The first-order valence-corrected chi connectivity index (χ1v) is 6.16. The van der Waals surface area contributed by atoms with Crippen molar-refractivity contribution < 1.29 is 5.11 Å². The van der Waals surface area contributed by atoms with Crippen LogP contribution in [-0.2, 0) is 0 Å². The number of thiazole rings is 1. The van der Waals surface area contributed by atoms with Gasteiger partial charge in [-0.1, -0.05) is 0 Å². The Balaban J connectivity index is 2.02. The van der Waals surface area contributed by atoms with E-state index in [1.54, 1.807) is 11.3 Å². The van der Waals surface area contributed by atoms with Crippen LogP contribution in [0, 0.1) is 0 Å². The molecule has 1 heterocycles. The number of aliphatic hydroxyl groups excluding tert-OH is 1. The van der Waals surface area contributed by atoms with Crippen molar-refractivity contribution in [3.05, 3.63) is 15.0 Å². The maximum Gasteiger partial charge on any atom is 0.0967 e. The van der Waals surface area contributed by atoms with Crippen LogP contribution in [0.4, 0.5) is 0 Å². The smallest absolute Gasteiger partial charge is 0.0967 e. The van der Waals surface area contributed by atoms with Gasteiger partial charge >= 0.3 is 0 Å². The van der Waals surface area contributed by atoms with Crippen LogP contribution < -0.4 is 0 Å². The van der Waals surface area contributed by atoms with Gasteiger partial charge in [-0.3, -0.25) is 0 Å². The summed E-state index contributed by atoms with van der Waals surface area (Å²) in [5.74, 6) is 0.583. The molecular formula is C9H12BrNOS. The quantitative estimate of drug-likeness (QED) is 0.844. The van der Waals surface area contributed by atoms with Gasteiger partial charge in [-0.15, -0.1) is 11.3 Å². The number of nitrogens with zero attached hydrogens (tertiary/aromatic N) is 1. The van der Waals surface area contributed by atoms with Crippen molar-refractivity contribution in [2.75, 3.05) is 0 Å². The highest BCUT2D eigenvalue weighted by molar-refractivity contribution is 9.11. The van der Waals surface area contributed by atoms with Gasteiger partial charge in [-0.25, -0.2) is 4.98 Å². The molecule has 1 aromatic heterocycles. The zero-order chi connectivity index (χ0) is 9.26. The van der Waals surface area contributed by atoms with Gasteiger partial charge in [0, 0.05) is 5.92 Å². The Morgan fingerprint density at radius 1 is 1.38 bits per heavy atom. The van der Waals surface area contributed by atoms with Crippen LogP contribution in [0.2, 0.25) is 0 Å². The lowest BCUT2D eigenvalue weighted by Crippen LogP contribution is -2.16. The molecule has 1 N–H and O–H groups in total. The Labute approximate surface area is 90.1 Å². The molecule has 0 aromatic carbocycles. The Morgan fingerprint density at radius 2 is 2.08 bits per heavy atom. The van der Waals surface area contributed by atoms with Gasteiger partial charge in [0.25, 0.3) is 0 Å². The summed E-state index contributed by atoms with van der Waals surface area (Å²) < 4.78 is 1.11. The van der Waals surface area contributed by atoms with E-state index in [-0.39, 0.29) is 6.10 Å². The summed E-state index contributed by atoms with van der Waals surface area (Å²) in [6, 6.07) is 0. The predicted octanol–water partition coefficient (Wildman–Crippen LogP) is 2.92. The van der Waals surface area contributed by atoms with Gasteiger partial charge in [0.05, 0.1) is 21.1 Å². The number of halogens is 1. The normalized spacial score (nSPS) is 29.1. The Morgan fingerprint density at radius 3 is 2.62 bits per heavy atom. The largest absolute Gasteiger partial charge is 0.393 e. The number of aromatic nitrogens is 1. The van der Waals surface area contributed by atoms with E-state index >= 15 is 0 Å². The summed E-state index contributed by atoms with van der Waals surface area (Å²) in [6.07, 6.45) is 5.83. The predicted molar refractivity (Wildman–Crippen MR) is 57.0 cm³/mol. The van der Waals surface area contributed by atoms with Crippen molar-refractivity contribution in [1.82, 2.24) is 4.98 Å². The van der Waals surface area contributed by atoms with Crippen LogP contribution in [0.3, 0.4) is 0 Å². The summed E-state index contributed by atoms with van der Waals surface area (Å²) in [5.41, 5.74) is 0. The molecule has 1 aliphatic carbocycles. The number of aliphatic hydroxyl groups is 1. The highest BCUT2D eigenvalue weighted by Crippen LogP contribution is 2.35. The summed E-state index contributed by atoms with van der Waals surface area (Å²) >= 11 is 5.14. The molecule has 0 aliphatic heterocycles. The molecule has 0 radical (unpaired) electrons. The fraction of sp³-hybridized carbons (Fsp3) is 0.667. The van der Waals surface area contributed by atoms with Crippen LogP contribution in [-0.4, -0.2) is 16.2 Å². The summed E-state index contributed by atoms with van der Waals surface area (Å²) in [7, 11) is 0. The van der Waals surface area contributed by atoms with Crippen molar-refractivity contribution in [3.8, 4) is 0 Å². The average Bonchev–Trinajstić information content (AvgIpc) is 2.53. The molecule has 1 aromatic rings. The first kappa shape index (κ1) is 9.62. The zero-order valence-electron chi connectivity index (χ0n) is 7.24. The minimum Gasteiger partial charge on any atom is -0.393 e. The molecule has 1 aliphatic rings. The van der Waals surface area contributed by atoms with Crippen molar-refractivity contribution in [2.45, 2.75) is 37.7 Å². The molecule has 0 bridgehead atoms. The molecule has 2 nitrogen and oxygen atoms in total. The molecule has 1 fully saturated rings. The van der Waals surface area contributed by atoms with Crippen molar-refractivity contribution in [2.24, 2.45) is 0 Å². The lowest BCUT2D eigenvalue weighted by molar-refractivity contribution is 0.122. The SMILES string of the molecule is OC1CCC(c2ncc(Br)s2)CC1. The minimum atomic E-state index is -0.0698. The molecule has 0 atom stereocenters. The molecule has 0 saturated heterocycles. The fourth-order valence-electron chi connectivity index (χ4n) is 1.78. The van der Waals surface area contributed by atoms with Crippen molar-refractivity contribution >= 4 is 27.3 Å². The van der Waals surface area contributed by atoms with E-state index in [4.69, 9.17) is 0 Å². The van der Waals surface area contributed by atoms with Crippen LogP contribution in [0.1, 0.15) is 36.6 Å². The van der Waals surface area contributed by atoms with E-state index in [0.717, 1.165) is 29.5 Å². The number of hydrogen-bond donors (Lipinski definition) is 1. The highest BCUT2D eigenvalue weighted by atomic mass is 79.9. The summed E-state index contributed by atoms with van der Waals surface area (Å²) in [5, 5.41) is 10.6. The van der Waals surface area contributed by atoms with Crippen LogP contribution in [0.25, 0.3) is 0 Å². The number of rotatable bonds is 1. The molecule has 1 saturated carbocycles. The fourth-order valence-corrected chi connectivity index (χ4v) is 3.19. The third-order valence-electron chi connectivity index (χ3n) is 2.54. The molecule has 72 valence electrons. The van der Waals surface area contributed by atoms with E-state index in [1.165, 1.54) is 5.01 Å². The second-order valence-electron chi connectivity index (χ2n) is 3.51. The van der Waals surface area contributed by atoms with E-state index < -0.39 is 0 Å². The van der Waals surface area contributed by atoms with Gasteiger partial charge in [0.2, 0.25) is 0 Å². The van der Waals surface area contributed by atoms with Crippen molar-refractivity contribution in [3.63, 3.8) is 0 Å². The van der Waals surface area contributed by atoms with Crippen molar-refractivity contribution in [1.29, 1.82) is 0 Å². The Hall–Kier alpha value is 0.0700. The van der Waals surface area contributed by atoms with Gasteiger partial charge in [-0.2, -0.15) is 0 Å². The topological polar surface area (TPSA) is 33.1 Å². The Bertz CT molecular complexity index is 281. The van der Waals surface area contributed by atoms with E-state index in [1.807, 2.05) is 6.20 Å². The van der Waals surface area contributed by atoms with Crippen LogP contribution >= 0.6 is 27.3 Å². The van der Waals surface area contributed by atoms with Gasteiger partial charge < -0.3 is 5.11 Å².